The van der Waals surface area contributed by atoms with E-state index in [1.165, 1.54) is 11.3 Å². The zero-order valence-corrected chi connectivity index (χ0v) is 22.6. The number of aryl methyl sites for hydroxylation is 1. The van der Waals surface area contributed by atoms with Crippen LogP contribution in [0.4, 0.5) is 8.78 Å². The van der Waals surface area contributed by atoms with E-state index in [1.807, 2.05) is 19.2 Å². The molecule has 1 amide bonds. The van der Waals surface area contributed by atoms with Crippen molar-refractivity contribution in [3.63, 3.8) is 0 Å². The Bertz CT molecular complexity index is 1270. The second-order valence-electron chi connectivity index (χ2n) is 10.3. The molecule has 0 bridgehead atoms. The highest BCUT2D eigenvalue weighted by Crippen LogP contribution is 2.29. The Hall–Kier alpha value is -2.76. The maximum absolute atomic E-state index is 13.1. The van der Waals surface area contributed by atoms with Gasteiger partial charge < -0.3 is 14.4 Å². The molecule has 0 spiro atoms. The number of fused-ring (bicyclic) bond motifs is 2. The third-order valence-corrected chi connectivity index (χ3v) is 8.17. The lowest BCUT2D eigenvalue weighted by Gasteiger charge is -2.29. The Morgan fingerprint density at radius 2 is 2.16 bits per heavy atom. The number of carbonyl (C=O) groups excluding carboxylic acids is 1. The van der Waals surface area contributed by atoms with Gasteiger partial charge in [-0.25, -0.2) is 18.8 Å². The molecule has 38 heavy (non-hydrogen) atoms. The zero-order chi connectivity index (χ0) is 26.7. The molecular formula is C27H33F2N5O3S. The molecule has 204 valence electrons. The van der Waals surface area contributed by atoms with Crippen LogP contribution >= 0.6 is 11.3 Å². The summed E-state index contributed by atoms with van der Waals surface area (Å²) in [5.41, 5.74) is 2.43. The number of rotatable bonds is 8. The van der Waals surface area contributed by atoms with Crippen molar-refractivity contribution >= 4 is 34.4 Å². The van der Waals surface area contributed by atoms with Gasteiger partial charge in [0.2, 0.25) is 0 Å². The van der Waals surface area contributed by atoms with E-state index in [9.17, 15) is 13.6 Å². The maximum atomic E-state index is 13.1. The third kappa shape index (κ3) is 6.81. The summed E-state index contributed by atoms with van der Waals surface area (Å²) in [6, 6.07) is 5.51. The number of thiazole rings is 1. The lowest BCUT2D eigenvalue weighted by Crippen LogP contribution is -2.33. The molecule has 1 aromatic carbocycles. The molecular weight excluding hydrogens is 512 g/mol. The van der Waals surface area contributed by atoms with Crippen molar-refractivity contribution in [2.75, 3.05) is 32.8 Å². The number of amides is 1. The number of benzene rings is 1. The average molecular weight is 546 g/mol. The molecule has 1 unspecified atom stereocenters. The second kappa shape index (κ2) is 11.5. The minimum atomic E-state index is -2.86. The van der Waals surface area contributed by atoms with Gasteiger partial charge >= 0.3 is 0 Å². The van der Waals surface area contributed by atoms with Gasteiger partial charge in [-0.2, -0.15) is 5.10 Å². The molecule has 0 N–H and O–H groups in total. The van der Waals surface area contributed by atoms with E-state index >= 15 is 0 Å². The van der Waals surface area contributed by atoms with Crippen molar-refractivity contribution in [3.05, 3.63) is 40.5 Å². The van der Waals surface area contributed by atoms with Crippen LogP contribution in [0, 0.1) is 5.92 Å². The molecule has 0 aliphatic carbocycles. The van der Waals surface area contributed by atoms with E-state index in [-0.39, 0.29) is 17.9 Å². The van der Waals surface area contributed by atoms with Crippen LogP contribution in [-0.4, -0.2) is 76.7 Å². The number of ether oxygens (including phenoxy) is 2. The standard InChI is InChI=1S/C27H33F2N5O3S/c1-27(28,29)17-37-26-32-22-8-11-34(12-9-24(22)38-26)10-7-21-6-3-18(16-36-21)14-30-25(35)19-4-5-20-15-31-33(2)23(20)13-19/h4-5,13-15,18,21H,3,6-12,16-17H2,1-2H3/t18?,21-/m1/s1. The highest BCUT2D eigenvalue weighted by molar-refractivity contribution is 7.13. The molecule has 0 saturated carbocycles. The Balaban J connectivity index is 1.03. The molecule has 0 radical (unpaired) electrons. The van der Waals surface area contributed by atoms with Gasteiger partial charge in [0.05, 0.1) is 30.1 Å². The summed E-state index contributed by atoms with van der Waals surface area (Å²) in [4.78, 5) is 24.8. The van der Waals surface area contributed by atoms with Gasteiger partial charge in [-0.05, 0) is 37.8 Å². The van der Waals surface area contributed by atoms with Gasteiger partial charge in [-0.3, -0.25) is 9.48 Å². The largest absolute Gasteiger partial charge is 0.464 e. The van der Waals surface area contributed by atoms with Gasteiger partial charge in [-0.1, -0.05) is 17.4 Å². The molecule has 4 heterocycles. The molecule has 1 saturated heterocycles. The minimum absolute atomic E-state index is 0.139. The van der Waals surface area contributed by atoms with Crippen molar-refractivity contribution in [2.45, 2.75) is 51.1 Å². The highest BCUT2D eigenvalue weighted by Gasteiger charge is 2.26. The first-order valence-electron chi connectivity index (χ1n) is 13.1. The van der Waals surface area contributed by atoms with Crippen LogP contribution in [0.1, 0.15) is 47.1 Å². The van der Waals surface area contributed by atoms with Crippen LogP contribution in [0.5, 0.6) is 5.19 Å². The predicted octanol–water partition coefficient (Wildman–Crippen LogP) is 4.56. The normalized spacial score (nSPS) is 21.1. The fourth-order valence-electron chi connectivity index (χ4n) is 4.88. The summed E-state index contributed by atoms with van der Waals surface area (Å²) in [5.74, 6) is -2.97. The number of hydrogen-bond donors (Lipinski definition) is 0. The Labute approximate surface area is 224 Å². The van der Waals surface area contributed by atoms with Crippen molar-refractivity contribution < 1.29 is 23.0 Å². The van der Waals surface area contributed by atoms with E-state index in [0.717, 1.165) is 80.1 Å². The van der Waals surface area contributed by atoms with Gasteiger partial charge in [0.1, 0.15) is 0 Å². The third-order valence-electron chi connectivity index (χ3n) is 7.10. The fraction of sp³-hybridized carbons (Fsp3) is 0.556. The van der Waals surface area contributed by atoms with E-state index in [0.29, 0.717) is 17.4 Å². The zero-order valence-electron chi connectivity index (χ0n) is 21.7. The summed E-state index contributed by atoms with van der Waals surface area (Å²) < 4.78 is 39.2. The number of nitrogens with zero attached hydrogens (tertiary/aromatic N) is 5. The summed E-state index contributed by atoms with van der Waals surface area (Å²) in [7, 11) is 1.85. The molecule has 2 aliphatic heterocycles. The fourth-order valence-corrected chi connectivity index (χ4v) is 5.83. The van der Waals surface area contributed by atoms with E-state index in [4.69, 9.17) is 9.47 Å². The topological polar surface area (TPSA) is 81.8 Å². The molecule has 8 nitrogen and oxygen atoms in total. The Morgan fingerprint density at radius 1 is 1.32 bits per heavy atom. The summed E-state index contributed by atoms with van der Waals surface area (Å²) in [5, 5.41) is 5.55. The van der Waals surface area contributed by atoms with Crippen LogP contribution in [0.25, 0.3) is 10.9 Å². The number of aliphatic imine (C=N–C) groups is 1. The van der Waals surface area contributed by atoms with E-state index in [1.54, 1.807) is 23.2 Å². The Morgan fingerprint density at radius 3 is 2.95 bits per heavy atom. The lowest BCUT2D eigenvalue weighted by molar-refractivity contribution is -0.0230. The first-order valence-corrected chi connectivity index (χ1v) is 13.9. The quantitative estimate of drug-likeness (QED) is 0.386. The van der Waals surface area contributed by atoms with E-state index in [2.05, 4.69) is 20.0 Å². The first kappa shape index (κ1) is 26.8. The number of aromatic nitrogens is 3. The summed E-state index contributed by atoms with van der Waals surface area (Å²) >= 11 is 1.39. The molecule has 2 aromatic heterocycles. The molecule has 5 rings (SSSR count). The van der Waals surface area contributed by atoms with Crippen LogP contribution in [0.2, 0.25) is 0 Å². The maximum Gasteiger partial charge on any atom is 0.278 e. The lowest BCUT2D eigenvalue weighted by atomic mass is 9.98. The monoisotopic (exact) mass is 545 g/mol. The SMILES string of the molecule is Cn1ncc2ccc(C(=O)N=CC3CC[C@H](CCN4CCc5nc(OCC(C)(F)F)sc5CC4)OC3)cc21. The van der Waals surface area contributed by atoms with Crippen LogP contribution in [0.3, 0.4) is 0 Å². The first-order chi connectivity index (χ1) is 18.2. The number of halogens is 2. The smallest absolute Gasteiger partial charge is 0.278 e. The van der Waals surface area contributed by atoms with Crippen molar-refractivity contribution in [1.82, 2.24) is 19.7 Å². The van der Waals surface area contributed by atoms with Gasteiger partial charge in [0.25, 0.3) is 17.0 Å². The number of carbonyl (C=O) groups is 1. The van der Waals surface area contributed by atoms with Crippen LogP contribution in [-0.2, 0) is 24.6 Å². The predicted molar refractivity (Wildman–Crippen MR) is 143 cm³/mol. The van der Waals surface area contributed by atoms with Crippen molar-refractivity contribution in [1.29, 1.82) is 0 Å². The second-order valence-corrected chi connectivity index (χ2v) is 11.3. The minimum Gasteiger partial charge on any atom is -0.464 e. The summed E-state index contributed by atoms with van der Waals surface area (Å²) in [6.07, 6.45) is 8.21. The number of alkyl halides is 2. The number of hydrogen-bond acceptors (Lipinski definition) is 7. The molecule has 2 atom stereocenters. The summed E-state index contributed by atoms with van der Waals surface area (Å²) in [6.45, 7) is 3.52. The molecule has 2 aliphatic rings. The van der Waals surface area contributed by atoms with Crippen molar-refractivity contribution in [3.8, 4) is 5.19 Å². The Kier molecular flexibility index (Phi) is 8.15. The molecule has 1 fully saturated rings. The van der Waals surface area contributed by atoms with Gasteiger partial charge in [0, 0.05) is 68.0 Å². The van der Waals surface area contributed by atoms with Gasteiger partial charge in [-0.15, -0.1) is 0 Å². The van der Waals surface area contributed by atoms with Crippen molar-refractivity contribution in [2.24, 2.45) is 18.0 Å². The van der Waals surface area contributed by atoms with Crippen LogP contribution < -0.4 is 4.74 Å². The van der Waals surface area contributed by atoms with Gasteiger partial charge in [0.15, 0.2) is 6.61 Å². The average Bonchev–Trinajstić information content (AvgIpc) is 3.42. The van der Waals surface area contributed by atoms with Crippen LogP contribution in [0.15, 0.2) is 29.4 Å². The molecule has 3 aromatic rings. The highest BCUT2D eigenvalue weighted by atomic mass is 32.1. The van der Waals surface area contributed by atoms with E-state index < -0.39 is 12.5 Å². The molecule has 11 heteroatoms.